The highest BCUT2D eigenvalue weighted by molar-refractivity contribution is 7.25. The van der Waals surface area contributed by atoms with Gasteiger partial charge in [0.05, 0.1) is 66.9 Å². The Morgan fingerprint density at radius 3 is 0.918 bits per heavy atom. The van der Waals surface area contributed by atoms with Crippen LogP contribution in [0.15, 0.2) is 328 Å². The predicted molar refractivity (Wildman–Crippen MR) is 406 cm³/mol. The molecule has 0 N–H and O–H groups in total. The van der Waals surface area contributed by atoms with Crippen LogP contribution in [-0.4, -0.2) is 23.3 Å². The minimum absolute atomic E-state index is 0.499. The van der Waals surface area contributed by atoms with Crippen molar-refractivity contribution in [1.29, 1.82) is 5.26 Å². The van der Waals surface area contributed by atoms with Crippen molar-refractivity contribution in [2.75, 3.05) is 0 Å². The van der Waals surface area contributed by atoms with E-state index in [2.05, 4.69) is 340 Å². The highest BCUT2D eigenvalue weighted by Gasteiger charge is 2.36. The summed E-state index contributed by atoms with van der Waals surface area (Å²) in [5, 5.41) is 24.6. The first-order valence-electron chi connectivity index (χ1n) is 32.9. The van der Waals surface area contributed by atoms with Crippen molar-refractivity contribution in [3.05, 3.63) is 333 Å². The lowest BCUT2D eigenvalue weighted by atomic mass is 9.92. The minimum Gasteiger partial charge on any atom is -0.306 e. The fraction of sp³-hybridized carbons (Fsp3) is 0. The monoisotopic (exact) mass is 1250 g/mol. The molecular weight excluding hydrogens is 1200 g/mol. The summed E-state index contributed by atoms with van der Waals surface area (Å²) in [6.45, 7) is 0. The summed E-state index contributed by atoms with van der Waals surface area (Å²) in [5.74, 6) is 0. The van der Waals surface area contributed by atoms with Gasteiger partial charge in [0, 0.05) is 81.2 Å². The van der Waals surface area contributed by atoms with E-state index in [0.29, 0.717) is 5.56 Å². The van der Waals surface area contributed by atoms with Gasteiger partial charge in [0.2, 0.25) is 0 Å². The summed E-state index contributed by atoms with van der Waals surface area (Å²) in [4.78, 5) is 4.70. The Morgan fingerprint density at radius 2 is 0.557 bits per heavy atom. The zero-order valence-corrected chi connectivity index (χ0v) is 53.1. The van der Waals surface area contributed by atoms with Gasteiger partial charge in [-0.15, -0.1) is 11.3 Å². The van der Waals surface area contributed by atoms with E-state index < -0.39 is 0 Å². The second-order valence-corrected chi connectivity index (χ2v) is 26.3. The maximum Gasteiger partial charge on any atom is 0.104 e. The Labute approximate surface area is 561 Å². The minimum atomic E-state index is 0.499. The first-order valence-corrected chi connectivity index (χ1v) is 33.7. The Bertz CT molecular complexity index is 6340. The smallest absolute Gasteiger partial charge is 0.104 e. The normalized spacial score (nSPS) is 11.9. The average molecular weight is 1250 g/mol. The van der Waals surface area contributed by atoms with Crippen molar-refractivity contribution in [2.24, 2.45) is 0 Å². The molecule has 0 aliphatic heterocycles. The molecule has 6 heterocycles. The van der Waals surface area contributed by atoms with Crippen LogP contribution in [-0.2, 0) is 0 Å². The highest BCUT2D eigenvalue weighted by atomic mass is 32.1. The predicted octanol–water partition coefficient (Wildman–Crippen LogP) is 24.0. The molecule has 0 saturated carbocycles. The van der Waals surface area contributed by atoms with Gasteiger partial charge in [-0.05, 0) is 111 Å². The van der Waals surface area contributed by atoms with Gasteiger partial charge in [0.1, 0.15) is 11.6 Å². The molecule has 0 amide bonds. The van der Waals surface area contributed by atoms with Crippen LogP contribution in [0.5, 0.6) is 0 Å². The number of nitrogens with zero attached hydrogens (tertiary/aromatic N) is 6. The number of hydrogen-bond donors (Lipinski definition) is 0. The molecule has 20 rings (SSSR count). The van der Waals surface area contributed by atoms with Crippen molar-refractivity contribution in [3.63, 3.8) is 0 Å². The van der Waals surface area contributed by atoms with Crippen molar-refractivity contribution in [1.82, 2.24) is 23.3 Å². The largest absolute Gasteiger partial charge is 0.306 e. The van der Waals surface area contributed by atoms with Crippen LogP contribution in [0.1, 0.15) is 5.56 Å². The molecule has 0 aliphatic rings. The van der Waals surface area contributed by atoms with Gasteiger partial charge in [-0.3, -0.25) is 4.98 Å². The molecule has 7 heteroatoms. The van der Waals surface area contributed by atoms with Gasteiger partial charge >= 0.3 is 0 Å². The van der Waals surface area contributed by atoms with E-state index in [1.165, 1.54) is 0 Å². The lowest BCUT2D eigenvalue weighted by Crippen LogP contribution is -2.16. The van der Waals surface area contributed by atoms with Crippen LogP contribution in [0.2, 0.25) is 0 Å². The summed E-state index contributed by atoms with van der Waals surface area (Å²) in [6, 6.07) is 118. The van der Waals surface area contributed by atoms with Gasteiger partial charge in [0.15, 0.2) is 0 Å². The molecule has 97 heavy (non-hydrogen) atoms. The lowest BCUT2D eigenvalue weighted by molar-refractivity contribution is 1.04. The number of aromatic nitrogens is 5. The van der Waals surface area contributed by atoms with E-state index in [9.17, 15) is 5.26 Å². The fourth-order valence-electron chi connectivity index (χ4n) is 15.8. The summed E-state index contributed by atoms with van der Waals surface area (Å²) in [7, 11) is 0. The standard InChI is InChI=1S/C90H54N6S/c91-54-74-87(93-76-33-17-13-29-65(76)69-42-37-60(49-80(69)93)56-21-5-1-6-22-56)89(95-78-35-19-15-31-67(78)71-44-39-62(51-82(71)95)58-25-9-3-10-26-58)86(64-41-46-73-75-55-92-48-47-84(75)97-85(73)53-64)90(96-79-36-20-16-32-68(79)72-45-40-63(52-83(72)96)59-27-11-4-12-28-59)88(74)94-77-34-18-14-30-66(77)70-43-38-61(50-81(70)94)57-23-7-2-8-24-57/h1-53,55H. The number of hydrogen-bond acceptors (Lipinski definition) is 3. The Hall–Kier alpha value is -12.9. The van der Waals surface area contributed by atoms with Gasteiger partial charge in [-0.1, -0.05) is 255 Å². The molecule has 6 aromatic heterocycles. The molecule has 450 valence electrons. The van der Waals surface area contributed by atoms with E-state index in [-0.39, 0.29) is 0 Å². The van der Waals surface area contributed by atoms with Crippen molar-refractivity contribution in [2.45, 2.75) is 0 Å². The average Bonchev–Trinajstić information content (AvgIpc) is 1.61. The quantitative estimate of drug-likeness (QED) is 0.145. The summed E-state index contributed by atoms with van der Waals surface area (Å²) < 4.78 is 12.2. The SMILES string of the molecule is N#Cc1c(-n2c3ccccc3c3ccc(-c4ccccc4)cc32)c(-n2c3ccccc3c3ccc(-c4ccccc4)cc32)c(-c2ccc3c(c2)sc2ccncc23)c(-n2c3ccccc3c3ccc(-c4ccccc4)cc32)c1-n1c2ccccc2c2ccc(-c3ccccc3)cc21. The van der Waals surface area contributed by atoms with Crippen LogP contribution >= 0.6 is 11.3 Å². The van der Waals surface area contributed by atoms with E-state index >= 15 is 0 Å². The first kappa shape index (κ1) is 54.7. The molecule has 14 aromatic carbocycles. The van der Waals surface area contributed by atoms with Crippen molar-refractivity contribution >= 4 is 119 Å². The molecule has 0 saturated heterocycles. The third-order valence-electron chi connectivity index (χ3n) is 20.1. The van der Waals surface area contributed by atoms with Gasteiger partial charge in [-0.25, -0.2) is 0 Å². The molecule has 0 bridgehead atoms. The molecule has 0 fully saturated rings. The summed E-state index contributed by atoms with van der Waals surface area (Å²) >= 11 is 1.79. The van der Waals surface area contributed by atoms with E-state index in [1.54, 1.807) is 11.3 Å². The highest BCUT2D eigenvalue weighted by Crippen LogP contribution is 2.54. The number of rotatable bonds is 9. The molecular formula is C90H54N6S. The Balaban J connectivity index is 1.10. The van der Waals surface area contributed by atoms with E-state index in [1.807, 2.05) is 12.4 Å². The second kappa shape index (κ2) is 21.6. The van der Waals surface area contributed by atoms with Crippen LogP contribution in [0.25, 0.3) is 186 Å². The number of thiophene rings is 1. The van der Waals surface area contributed by atoms with Crippen LogP contribution in [0.3, 0.4) is 0 Å². The summed E-state index contributed by atoms with van der Waals surface area (Å²) in [6.07, 6.45) is 3.90. The van der Waals surface area contributed by atoms with Crippen LogP contribution < -0.4 is 0 Å². The fourth-order valence-corrected chi connectivity index (χ4v) is 16.9. The topological polar surface area (TPSA) is 56.4 Å². The molecule has 0 aliphatic carbocycles. The number of fused-ring (bicyclic) bond motifs is 15. The molecule has 0 unspecified atom stereocenters. The van der Waals surface area contributed by atoms with Crippen molar-refractivity contribution < 1.29 is 0 Å². The summed E-state index contributed by atoms with van der Waals surface area (Å²) in [5.41, 5.74) is 22.3. The zero-order valence-electron chi connectivity index (χ0n) is 52.3. The first-order chi connectivity index (χ1) is 48.1. The zero-order chi connectivity index (χ0) is 63.8. The second-order valence-electron chi connectivity index (χ2n) is 25.2. The van der Waals surface area contributed by atoms with Crippen LogP contribution in [0.4, 0.5) is 0 Å². The number of para-hydroxylation sites is 4. The third-order valence-corrected chi connectivity index (χ3v) is 21.2. The van der Waals surface area contributed by atoms with E-state index in [4.69, 9.17) is 4.98 Å². The van der Waals surface area contributed by atoms with Gasteiger partial charge in [-0.2, -0.15) is 5.26 Å². The Morgan fingerprint density at radius 1 is 0.247 bits per heavy atom. The maximum absolute atomic E-state index is 13.6. The number of pyridine rings is 1. The van der Waals surface area contributed by atoms with Gasteiger partial charge in [0.25, 0.3) is 0 Å². The lowest BCUT2D eigenvalue weighted by Gasteiger charge is -2.29. The van der Waals surface area contributed by atoms with Gasteiger partial charge < -0.3 is 18.3 Å². The Kier molecular flexibility index (Phi) is 12.2. The molecule has 20 aromatic rings. The maximum atomic E-state index is 13.6. The van der Waals surface area contributed by atoms with Crippen molar-refractivity contribution in [3.8, 4) is 84.5 Å². The number of nitriles is 1. The third kappa shape index (κ3) is 8.28. The molecule has 6 nitrogen and oxygen atoms in total. The molecule has 0 radical (unpaired) electrons. The molecule has 0 atom stereocenters. The number of benzene rings is 14. The van der Waals surface area contributed by atoms with Crippen LogP contribution in [0, 0.1) is 11.3 Å². The van der Waals surface area contributed by atoms with E-state index in [0.717, 1.165) is 186 Å². The molecule has 0 spiro atoms.